The van der Waals surface area contributed by atoms with E-state index in [1.165, 1.54) is 12.5 Å². The average molecular weight is 385 g/mol. The summed E-state index contributed by atoms with van der Waals surface area (Å²) < 4.78 is 0. The zero-order valence-corrected chi connectivity index (χ0v) is 16.4. The van der Waals surface area contributed by atoms with Gasteiger partial charge in [-0.1, -0.05) is 36.4 Å². The predicted octanol–water partition coefficient (Wildman–Crippen LogP) is 3.73. The van der Waals surface area contributed by atoms with Crippen LogP contribution in [0, 0.1) is 12.8 Å². The molecule has 0 radical (unpaired) electrons. The van der Waals surface area contributed by atoms with Crippen molar-refractivity contribution >= 4 is 34.5 Å². The van der Waals surface area contributed by atoms with Crippen molar-refractivity contribution in [3.63, 3.8) is 0 Å². The van der Waals surface area contributed by atoms with Crippen molar-refractivity contribution in [3.05, 3.63) is 77.9 Å². The fourth-order valence-electron chi connectivity index (χ4n) is 3.54. The number of aryl methyl sites for hydroxylation is 1. The molecule has 0 bridgehead atoms. The second kappa shape index (κ2) is 7.75. The Morgan fingerprint density at radius 2 is 1.86 bits per heavy atom. The standard InChI is InChI=1S/C23H23N5O/c1-14-4-3-5-19(12-14)26-22-20-13-17(8-11-21(20)27-23(24)28-22)16-6-9-18(10-7-16)25-15(2)29/h3-13,20,22,26H,1-2H3,(H2,24,28)(H,25,29). The molecule has 0 aromatic heterocycles. The van der Waals surface area contributed by atoms with Crippen molar-refractivity contribution in [3.8, 4) is 0 Å². The Balaban J connectivity index is 1.60. The van der Waals surface area contributed by atoms with Gasteiger partial charge in [0.1, 0.15) is 6.17 Å². The second-order valence-corrected chi connectivity index (χ2v) is 7.22. The van der Waals surface area contributed by atoms with E-state index in [2.05, 4.69) is 45.8 Å². The third kappa shape index (κ3) is 4.27. The number of carbonyl (C=O) groups excluding carboxylic acids is 1. The van der Waals surface area contributed by atoms with E-state index in [-0.39, 0.29) is 24.0 Å². The number of anilines is 2. The Hall–Kier alpha value is -3.67. The van der Waals surface area contributed by atoms with Crippen LogP contribution in [-0.4, -0.2) is 23.7 Å². The summed E-state index contributed by atoms with van der Waals surface area (Å²) in [5.74, 6) is 0.165. The van der Waals surface area contributed by atoms with E-state index in [1.807, 2.05) is 48.6 Å². The van der Waals surface area contributed by atoms with Crippen LogP contribution in [0.15, 0.2) is 76.7 Å². The highest BCUT2D eigenvalue weighted by Gasteiger charge is 2.29. The first-order valence-corrected chi connectivity index (χ1v) is 9.51. The molecule has 1 aliphatic carbocycles. The number of nitrogens with two attached hydrogens (primary N) is 1. The van der Waals surface area contributed by atoms with Crippen molar-refractivity contribution in [2.75, 3.05) is 10.6 Å². The summed E-state index contributed by atoms with van der Waals surface area (Å²) in [5.41, 5.74) is 11.9. The molecule has 29 heavy (non-hydrogen) atoms. The summed E-state index contributed by atoms with van der Waals surface area (Å²) in [6, 6.07) is 16.0. The summed E-state index contributed by atoms with van der Waals surface area (Å²) in [4.78, 5) is 20.2. The van der Waals surface area contributed by atoms with Gasteiger partial charge >= 0.3 is 0 Å². The number of hydrogen-bond donors (Lipinski definition) is 3. The first-order chi connectivity index (χ1) is 14.0. The van der Waals surface area contributed by atoms with Gasteiger partial charge in [-0.2, -0.15) is 0 Å². The monoisotopic (exact) mass is 385 g/mol. The number of nitrogens with zero attached hydrogens (tertiary/aromatic N) is 2. The smallest absolute Gasteiger partial charge is 0.221 e. The highest BCUT2D eigenvalue weighted by atomic mass is 16.1. The summed E-state index contributed by atoms with van der Waals surface area (Å²) in [5, 5.41) is 6.27. The fourth-order valence-corrected chi connectivity index (χ4v) is 3.54. The Labute approximate surface area is 170 Å². The van der Waals surface area contributed by atoms with Crippen LogP contribution in [0.3, 0.4) is 0 Å². The highest BCUT2D eigenvalue weighted by molar-refractivity contribution is 6.10. The van der Waals surface area contributed by atoms with Gasteiger partial charge in [-0.15, -0.1) is 0 Å². The van der Waals surface area contributed by atoms with Gasteiger partial charge in [0.2, 0.25) is 11.9 Å². The number of fused-ring (bicyclic) bond motifs is 1. The number of hydrogen-bond acceptors (Lipinski definition) is 5. The van der Waals surface area contributed by atoms with Gasteiger partial charge in [0.15, 0.2) is 0 Å². The molecule has 2 atom stereocenters. The Morgan fingerprint density at radius 1 is 1.07 bits per heavy atom. The van der Waals surface area contributed by atoms with E-state index >= 15 is 0 Å². The van der Waals surface area contributed by atoms with Crippen LogP contribution in [0.4, 0.5) is 11.4 Å². The third-order valence-corrected chi connectivity index (χ3v) is 4.86. The predicted molar refractivity (Wildman–Crippen MR) is 119 cm³/mol. The second-order valence-electron chi connectivity index (χ2n) is 7.22. The summed E-state index contributed by atoms with van der Waals surface area (Å²) >= 11 is 0. The van der Waals surface area contributed by atoms with Crippen molar-refractivity contribution in [2.24, 2.45) is 21.6 Å². The minimum absolute atomic E-state index is 0.0298. The molecule has 1 amide bonds. The van der Waals surface area contributed by atoms with Crippen LogP contribution >= 0.6 is 0 Å². The lowest BCUT2D eigenvalue weighted by atomic mass is 9.88. The van der Waals surface area contributed by atoms with E-state index in [0.717, 1.165) is 28.2 Å². The van der Waals surface area contributed by atoms with E-state index < -0.39 is 0 Å². The van der Waals surface area contributed by atoms with Crippen LogP contribution in [0.1, 0.15) is 18.1 Å². The normalized spacial score (nSPS) is 20.1. The Kier molecular flexibility index (Phi) is 4.99. The zero-order valence-electron chi connectivity index (χ0n) is 16.4. The lowest BCUT2D eigenvalue weighted by molar-refractivity contribution is -0.114. The minimum atomic E-state index is -0.233. The molecule has 1 heterocycles. The topological polar surface area (TPSA) is 91.9 Å². The Bertz CT molecular complexity index is 1060. The lowest BCUT2D eigenvalue weighted by Gasteiger charge is -2.29. The number of rotatable bonds is 4. The first kappa shape index (κ1) is 18.7. The first-order valence-electron chi connectivity index (χ1n) is 9.51. The molecular formula is C23H23N5O. The molecule has 2 aliphatic rings. The van der Waals surface area contributed by atoms with Gasteiger partial charge in [0, 0.05) is 18.3 Å². The van der Waals surface area contributed by atoms with Crippen LogP contribution in [-0.2, 0) is 4.79 Å². The van der Waals surface area contributed by atoms with E-state index in [9.17, 15) is 4.79 Å². The van der Waals surface area contributed by atoms with E-state index in [0.29, 0.717) is 0 Å². The van der Waals surface area contributed by atoms with E-state index in [1.54, 1.807) is 0 Å². The molecule has 6 nitrogen and oxygen atoms in total. The lowest BCUT2D eigenvalue weighted by Crippen LogP contribution is -2.38. The van der Waals surface area contributed by atoms with Crippen LogP contribution < -0.4 is 16.4 Å². The van der Waals surface area contributed by atoms with Crippen molar-refractivity contribution in [1.29, 1.82) is 0 Å². The number of guanidine groups is 1. The molecular weight excluding hydrogens is 362 g/mol. The van der Waals surface area contributed by atoms with Gasteiger partial charge in [0.05, 0.1) is 11.6 Å². The SMILES string of the molecule is CC(=O)Nc1ccc(C2=CC3C(=NC(N)=NC3Nc3cccc(C)c3)C=C2)cc1. The zero-order chi connectivity index (χ0) is 20.4. The molecule has 0 fully saturated rings. The Morgan fingerprint density at radius 3 is 2.59 bits per heavy atom. The van der Waals surface area contributed by atoms with Crippen LogP contribution in [0.25, 0.3) is 5.57 Å². The molecule has 6 heteroatoms. The van der Waals surface area contributed by atoms with Gasteiger partial charge in [0.25, 0.3) is 0 Å². The maximum atomic E-state index is 11.2. The molecule has 2 unspecified atom stereocenters. The average Bonchev–Trinajstić information content (AvgIpc) is 2.68. The van der Waals surface area contributed by atoms with Crippen LogP contribution in [0.2, 0.25) is 0 Å². The number of benzene rings is 2. The fraction of sp³-hybridized carbons (Fsp3) is 0.174. The van der Waals surface area contributed by atoms with Crippen molar-refractivity contribution < 1.29 is 4.79 Å². The molecule has 0 spiro atoms. The summed E-state index contributed by atoms with van der Waals surface area (Å²) in [6.45, 7) is 3.56. The molecule has 0 saturated carbocycles. The largest absolute Gasteiger partial charge is 0.368 e. The van der Waals surface area contributed by atoms with Gasteiger partial charge < -0.3 is 16.4 Å². The molecule has 4 rings (SSSR count). The van der Waals surface area contributed by atoms with Gasteiger partial charge in [-0.25, -0.2) is 9.98 Å². The molecule has 0 saturated heterocycles. The minimum Gasteiger partial charge on any atom is -0.368 e. The third-order valence-electron chi connectivity index (χ3n) is 4.86. The van der Waals surface area contributed by atoms with Crippen LogP contribution in [0.5, 0.6) is 0 Å². The number of carbonyl (C=O) groups is 1. The molecule has 2 aromatic carbocycles. The molecule has 1 aliphatic heterocycles. The van der Waals surface area contributed by atoms with Crippen molar-refractivity contribution in [2.45, 2.75) is 20.0 Å². The number of aliphatic imine (C=N–C) groups is 2. The molecule has 146 valence electrons. The number of amides is 1. The highest BCUT2D eigenvalue weighted by Crippen LogP contribution is 2.30. The maximum Gasteiger partial charge on any atom is 0.221 e. The van der Waals surface area contributed by atoms with E-state index in [4.69, 9.17) is 5.73 Å². The maximum absolute atomic E-state index is 11.2. The molecule has 4 N–H and O–H groups in total. The van der Waals surface area contributed by atoms with Crippen molar-refractivity contribution in [1.82, 2.24) is 0 Å². The summed E-state index contributed by atoms with van der Waals surface area (Å²) in [6.07, 6.45) is 5.96. The molecule has 2 aromatic rings. The number of nitrogens with one attached hydrogen (secondary N) is 2. The summed E-state index contributed by atoms with van der Waals surface area (Å²) in [7, 11) is 0. The van der Waals surface area contributed by atoms with Gasteiger partial charge in [-0.05, 0) is 54.0 Å². The number of allylic oxidation sites excluding steroid dienone is 3. The van der Waals surface area contributed by atoms with Gasteiger partial charge in [-0.3, -0.25) is 4.79 Å². The quantitative estimate of drug-likeness (QED) is 0.749.